The lowest BCUT2D eigenvalue weighted by atomic mass is 9.97. The number of piperidine rings is 1. The van der Waals surface area contributed by atoms with Crippen molar-refractivity contribution >= 4 is 28.7 Å². The first-order valence-corrected chi connectivity index (χ1v) is 8.10. The van der Waals surface area contributed by atoms with Crippen LogP contribution in [0.5, 0.6) is 0 Å². The standard InChI is InChI=1S/C17H21N5O2/c1-10-11(2)20-15-9-13(3-4-14(15)19-10)21-17(24)22-16(23)12-5-7-18-8-6-12/h3-4,9,12,18H,5-8H2,1-2H3,(H2,21,22,23,24). The van der Waals surface area contributed by atoms with Gasteiger partial charge in [0.15, 0.2) is 0 Å². The van der Waals surface area contributed by atoms with Gasteiger partial charge in [-0.25, -0.2) is 14.8 Å². The fourth-order valence-electron chi connectivity index (χ4n) is 2.77. The molecule has 1 saturated heterocycles. The van der Waals surface area contributed by atoms with Crippen molar-refractivity contribution in [3.05, 3.63) is 29.6 Å². The first-order valence-electron chi connectivity index (χ1n) is 8.10. The Hall–Kier alpha value is -2.54. The van der Waals surface area contributed by atoms with Crippen molar-refractivity contribution in [2.24, 2.45) is 5.92 Å². The van der Waals surface area contributed by atoms with Crippen LogP contribution in [0, 0.1) is 19.8 Å². The Morgan fingerprint density at radius 1 is 1.08 bits per heavy atom. The molecule has 0 spiro atoms. The Labute approximate surface area is 140 Å². The first-order chi connectivity index (χ1) is 11.5. The number of nitrogens with zero attached hydrogens (tertiary/aromatic N) is 2. The second-order valence-corrected chi connectivity index (χ2v) is 6.07. The van der Waals surface area contributed by atoms with Crippen LogP contribution in [0.15, 0.2) is 18.2 Å². The normalized spacial score (nSPS) is 15.2. The van der Waals surface area contributed by atoms with E-state index < -0.39 is 6.03 Å². The molecule has 1 aliphatic heterocycles. The highest BCUT2D eigenvalue weighted by molar-refractivity contribution is 6.02. The molecule has 0 saturated carbocycles. The Bertz CT molecular complexity index is 784. The molecule has 126 valence electrons. The smallest absolute Gasteiger partial charge is 0.317 e. The third kappa shape index (κ3) is 3.68. The van der Waals surface area contributed by atoms with E-state index in [9.17, 15) is 9.59 Å². The number of urea groups is 1. The molecule has 2 heterocycles. The van der Waals surface area contributed by atoms with Gasteiger partial charge < -0.3 is 10.6 Å². The van der Waals surface area contributed by atoms with E-state index in [1.165, 1.54) is 0 Å². The van der Waals surface area contributed by atoms with Crippen LogP contribution in [0.2, 0.25) is 0 Å². The molecule has 0 aliphatic carbocycles. The fourth-order valence-corrected chi connectivity index (χ4v) is 2.77. The van der Waals surface area contributed by atoms with Crippen molar-refractivity contribution in [2.45, 2.75) is 26.7 Å². The van der Waals surface area contributed by atoms with E-state index in [4.69, 9.17) is 0 Å². The van der Waals surface area contributed by atoms with Gasteiger partial charge in [-0.1, -0.05) is 0 Å². The van der Waals surface area contributed by atoms with Crippen LogP contribution in [0.1, 0.15) is 24.2 Å². The van der Waals surface area contributed by atoms with E-state index in [1.807, 2.05) is 13.8 Å². The molecule has 1 fully saturated rings. The summed E-state index contributed by atoms with van der Waals surface area (Å²) in [6, 6.07) is 4.79. The average molecular weight is 327 g/mol. The zero-order valence-corrected chi connectivity index (χ0v) is 13.8. The molecule has 1 aromatic carbocycles. The van der Waals surface area contributed by atoms with Gasteiger partial charge in [0.25, 0.3) is 0 Å². The highest BCUT2D eigenvalue weighted by Crippen LogP contribution is 2.17. The van der Waals surface area contributed by atoms with Crippen LogP contribution in [-0.4, -0.2) is 35.0 Å². The number of amides is 3. The maximum Gasteiger partial charge on any atom is 0.325 e. The zero-order valence-electron chi connectivity index (χ0n) is 13.8. The number of aryl methyl sites for hydroxylation is 2. The highest BCUT2D eigenvalue weighted by Gasteiger charge is 2.22. The number of imide groups is 1. The molecule has 3 rings (SSSR count). The maximum absolute atomic E-state index is 12.1. The summed E-state index contributed by atoms with van der Waals surface area (Å²) in [7, 11) is 0. The quantitative estimate of drug-likeness (QED) is 0.783. The minimum atomic E-state index is -0.519. The van der Waals surface area contributed by atoms with Gasteiger partial charge in [0, 0.05) is 11.6 Å². The van der Waals surface area contributed by atoms with Crippen molar-refractivity contribution < 1.29 is 9.59 Å². The van der Waals surface area contributed by atoms with E-state index in [0.717, 1.165) is 42.8 Å². The second kappa shape index (κ2) is 6.92. The summed E-state index contributed by atoms with van der Waals surface area (Å²) in [4.78, 5) is 33.0. The lowest BCUT2D eigenvalue weighted by Crippen LogP contribution is -2.42. The number of benzene rings is 1. The number of carbonyl (C=O) groups is 2. The summed E-state index contributed by atoms with van der Waals surface area (Å²) in [5.74, 6) is -0.328. The van der Waals surface area contributed by atoms with Crippen LogP contribution in [-0.2, 0) is 4.79 Å². The number of aromatic nitrogens is 2. The van der Waals surface area contributed by atoms with Crippen molar-refractivity contribution in [1.82, 2.24) is 20.6 Å². The number of nitrogens with one attached hydrogen (secondary N) is 3. The van der Waals surface area contributed by atoms with Crippen molar-refractivity contribution in [3.63, 3.8) is 0 Å². The van der Waals surface area contributed by atoms with Crippen LogP contribution < -0.4 is 16.0 Å². The largest absolute Gasteiger partial charge is 0.325 e. The summed E-state index contributed by atoms with van der Waals surface area (Å²) in [6.07, 6.45) is 1.51. The van der Waals surface area contributed by atoms with Gasteiger partial charge in [-0.05, 0) is 58.0 Å². The summed E-state index contributed by atoms with van der Waals surface area (Å²) >= 11 is 0. The van der Waals surface area contributed by atoms with Gasteiger partial charge in [0.05, 0.1) is 22.4 Å². The number of hydrogen-bond acceptors (Lipinski definition) is 5. The number of rotatable bonds is 2. The van der Waals surface area contributed by atoms with Crippen LogP contribution in [0.25, 0.3) is 11.0 Å². The minimum Gasteiger partial charge on any atom is -0.317 e. The first kappa shape index (κ1) is 16.3. The van der Waals surface area contributed by atoms with E-state index in [2.05, 4.69) is 25.9 Å². The lowest BCUT2D eigenvalue weighted by Gasteiger charge is -2.21. The van der Waals surface area contributed by atoms with Crippen LogP contribution in [0.4, 0.5) is 10.5 Å². The number of anilines is 1. The second-order valence-electron chi connectivity index (χ2n) is 6.07. The van der Waals surface area contributed by atoms with E-state index in [1.54, 1.807) is 18.2 Å². The van der Waals surface area contributed by atoms with Crippen molar-refractivity contribution in [3.8, 4) is 0 Å². The summed E-state index contributed by atoms with van der Waals surface area (Å²) < 4.78 is 0. The molecule has 1 aliphatic rings. The monoisotopic (exact) mass is 327 g/mol. The molecule has 7 heteroatoms. The molecule has 2 aromatic rings. The molecule has 0 unspecified atom stereocenters. The van der Waals surface area contributed by atoms with E-state index in [-0.39, 0.29) is 11.8 Å². The lowest BCUT2D eigenvalue weighted by molar-refractivity contribution is -0.124. The molecule has 3 amide bonds. The molecule has 1 aromatic heterocycles. The van der Waals surface area contributed by atoms with E-state index >= 15 is 0 Å². The van der Waals surface area contributed by atoms with Gasteiger partial charge in [-0.15, -0.1) is 0 Å². The Balaban J connectivity index is 1.66. The molecule has 3 N–H and O–H groups in total. The predicted octanol–water partition coefficient (Wildman–Crippen LogP) is 1.89. The maximum atomic E-state index is 12.1. The Kier molecular flexibility index (Phi) is 4.71. The number of carbonyl (C=O) groups excluding carboxylic acids is 2. The van der Waals surface area contributed by atoms with E-state index in [0.29, 0.717) is 11.2 Å². The molecule has 0 radical (unpaired) electrons. The third-order valence-electron chi connectivity index (χ3n) is 4.28. The van der Waals surface area contributed by atoms with Crippen molar-refractivity contribution in [2.75, 3.05) is 18.4 Å². The summed E-state index contributed by atoms with van der Waals surface area (Å²) in [5.41, 5.74) is 3.80. The number of hydrogen-bond donors (Lipinski definition) is 3. The van der Waals surface area contributed by atoms with Crippen molar-refractivity contribution in [1.29, 1.82) is 0 Å². The molecular formula is C17H21N5O2. The molecule has 0 atom stereocenters. The van der Waals surface area contributed by atoms with Gasteiger partial charge >= 0.3 is 6.03 Å². The van der Waals surface area contributed by atoms with Gasteiger partial charge in [0.2, 0.25) is 5.91 Å². The highest BCUT2D eigenvalue weighted by atomic mass is 16.2. The summed E-state index contributed by atoms with van der Waals surface area (Å²) in [5, 5.41) is 8.29. The Morgan fingerprint density at radius 3 is 2.46 bits per heavy atom. The average Bonchev–Trinajstić information content (AvgIpc) is 2.57. The molecule has 24 heavy (non-hydrogen) atoms. The van der Waals surface area contributed by atoms with Gasteiger partial charge in [-0.3, -0.25) is 10.1 Å². The fraction of sp³-hybridized carbons (Fsp3) is 0.412. The molecular weight excluding hydrogens is 306 g/mol. The molecule has 0 bridgehead atoms. The number of fused-ring (bicyclic) bond motifs is 1. The Morgan fingerprint density at radius 2 is 1.75 bits per heavy atom. The predicted molar refractivity (Wildman–Crippen MR) is 91.8 cm³/mol. The molecule has 7 nitrogen and oxygen atoms in total. The SMILES string of the molecule is Cc1nc2ccc(NC(=O)NC(=O)C3CCNCC3)cc2nc1C. The topological polar surface area (TPSA) is 96.0 Å². The van der Waals surface area contributed by atoms with Gasteiger partial charge in [-0.2, -0.15) is 0 Å². The zero-order chi connectivity index (χ0) is 17.1. The van der Waals surface area contributed by atoms with Crippen LogP contribution in [0.3, 0.4) is 0 Å². The van der Waals surface area contributed by atoms with Crippen LogP contribution >= 0.6 is 0 Å². The van der Waals surface area contributed by atoms with Gasteiger partial charge in [0.1, 0.15) is 0 Å². The third-order valence-corrected chi connectivity index (χ3v) is 4.28. The summed E-state index contributed by atoms with van der Waals surface area (Å²) in [6.45, 7) is 5.42. The minimum absolute atomic E-state index is 0.106.